The Bertz CT molecular complexity index is 586. The van der Waals surface area contributed by atoms with E-state index in [9.17, 15) is 0 Å². The Kier molecular flexibility index (Phi) is 2.90. The van der Waals surface area contributed by atoms with E-state index in [0.29, 0.717) is 21.4 Å². The first-order chi connectivity index (χ1) is 7.71. The number of hydrogen-bond acceptors (Lipinski definition) is 4. The van der Waals surface area contributed by atoms with E-state index in [1.165, 1.54) is 11.3 Å². The molecule has 2 rings (SSSR count). The van der Waals surface area contributed by atoms with Crippen LogP contribution in [-0.2, 0) is 0 Å². The predicted molar refractivity (Wildman–Crippen MR) is 64.7 cm³/mol. The molecule has 1 aromatic carbocycles. The topological polar surface area (TPSA) is 42.2 Å². The van der Waals surface area contributed by atoms with Crippen LogP contribution in [0.3, 0.4) is 0 Å². The minimum absolute atomic E-state index is 0.475. The third-order valence-electron chi connectivity index (χ3n) is 2.24. The molecule has 1 aromatic heterocycles. The second-order valence-electron chi connectivity index (χ2n) is 3.06. The summed E-state index contributed by atoms with van der Waals surface area (Å²) in [6.07, 6.45) is 0. The quantitative estimate of drug-likeness (QED) is 0.823. The highest BCUT2D eigenvalue weighted by molar-refractivity contribution is 7.20. The molecular weight excluding hydrogens is 246 g/mol. The van der Waals surface area contributed by atoms with Gasteiger partial charge >= 0.3 is 0 Å². The summed E-state index contributed by atoms with van der Waals surface area (Å²) in [7, 11) is 3.14. The summed E-state index contributed by atoms with van der Waals surface area (Å²) in [6.45, 7) is 0. The first-order valence-electron chi connectivity index (χ1n) is 4.45. The van der Waals surface area contributed by atoms with Crippen LogP contribution in [0.1, 0.15) is 4.88 Å². The van der Waals surface area contributed by atoms with Gasteiger partial charge in [-0.3, -0.25) is 0 Å². The van der Waals surface area contributed by atoms with Crippen molar-refractivity contribution in [2.45, 2.75) is 0 Å². The van der Waals surface area contributed by atoms with Gasteiger partial charge in [-0.05, 0) is 6.07 Å². The van der Waals surface area contributed by atoms with E-state index in [4.69, 9.17) is 26.3 Å². The molecule has 82 valence electrons. The van der Waals surface area contributed by atoms with Crippen molar-refractivity contribution in [1.29, 1.82) is 5.26 Å². The second kappa shape index (κ2) is 4.20. The van der Waals surface area contributed by atoms with Gasteiger partial charge in [0.25, 0.3) is 0 Å². The van der Waals surface area contributed by atoms with Crippen LogP contribution in [0.5, 0.6) is 11.5 Å². The van der Waals surface area contributed by atoms with Crippen molar-refractivity contribution in [3.8, 4) is 17.6 Å². The second-order valence-corrected chi connectivity index (χ2v) is 4.49. The lowest BCUT2D eigenvalue weighted by Gasteiger charge is -2.06. The molecule has 1 heterocycles. The molecule has 0 fully saturated rings. The molecule has 3 nitrogen and oxygen atoms in total. The third kappa shape index (κ3) is 1.58. The molecule has 16 heavy (non-hydrogen) atoms. The number of methoxy groups -OCH3 is 2. The highest BCUT2D eigenvalue weighted by Crippen LogP contribution is 2.41. The molecule has 0 spiro atoms. The van der Waals surface area contributed by atoms with Gasteiger partial charge in [0.15, 0.2) is 11.5 Å². The van der Waals surface area contributed by atoms with Crippen LogP contribution in [0.2, 0.25) is 5.02 Å². The zero-order chi connectivity index (χ0) is 11.7. The zero-order valence-electron chi connectivity index (χ0n) is 8.70. The lowest BCUT2D eigenvalue weighted by Crippen LogP contribution is -1.89. The Labute approximate surface area is 102 Å². The van der Waals surface area contributed by atoms with Gasteiger partial charge in [-0.2, -0.15) is 5.26 Å². The molecule has 0 saturated carbocycles. The van der Waals surface area contributed by atoms with Gasteiger partial charge in [-0.15, -0.1) is 11.3 Å². The summed E-state index contributed by atoms with van der Waals surface area (Å²) < 4.78 is 11.3. The van der Waals surface area contributed by atoms with Crippen LogP contribution >= 0.6 is 22.9 Å². The first-order valence-corrected chi connectivity index (χ1v) is 5.64. The van der Waals surface area contributed by atoms with Crippen molar-refractivity contribution in [2.75, 3.05) is 14.2 Å². The number of rotatable bonds is 2. The highest BCUT2D eigenvalue weighted by Gasteiger charge is 2.14. The van der Waals surface area contributed by atoms with E-state index in [-0.39, 0.29) is 0 Å². The lowest BCUT2D eigenvalue weighted by atomic mass is 10.2. The smallest absolute Gasteiger partial charge is 0.162 e. The van der Waals surface area contributed by atoms with E-state index in [1.54, 1.807) is 20.3 Å². The number of ether oxygens (including phenoxy) is 2. The molecule has 5 heteroatoms. The van der Waals surface area contributed by atoms with Crippen molar-refractivity contribution < 1.29 is 9.47 Å². The fraction of sp³-hybridized carbons (Fsp3) is 0.182. The summed E-state index contributed by atoms with van der Waals surface area (Å²) >= 11 is 7.42. The van der Waals surface area contributed by atoms with Crippen molar-refractivity contribution in [1.82, 2.24) is 0 Å². The number of nitriles is 1. The average molecular weight is 254 g/mol. The molecule has 0 aliphatic carbocycles. The minimum Gasteiger partial charge on any atom is -0.493 e. The van der Waals surface area contributed by atoms with Crippen LogP contribution in [0.4, 0.5) is 0 Å². The van der Waals surface area contributed by atoms with Crippen molar-refractivity contribution in [3.63, 3.8) is 0 Å². The van der Waals surface area contributed by atoms with Gasteiger partial charge in [-0.1, -0.05) is 11.6 Å². The van der Waals surface area contributed by atoms with E-state index >= 15 is 0 Å². The number of nitrogens with zero attached hydrogens (tertiary/aromatic N) is 1. The largest absolute Gasteiger partial charge is 0.493 e. The Hall–Kier alpha value is -1.44. The van der Waals surface area contributed by atoms with E-state index in [1.807, 2.05) is 6.07 Å². The number of fused-ring (bicyclic) bond motifs is 1. The summed E-state index contributed by atoms with van der Waals surface area (Å²) in [4.78, 5) is 0.506. The van der Waals surface area contributed by atoms with Gasteiger partial charge in [-0.25, -0.2) is 0 Å². The van der Waals surface area contributed by atoms with Crippen LogP contribution in [-0.4, -0.2) is 14.2 Å². The maximum atomic E-state index is 8.89. The molecule has 2 aromatic rings. The summed E-state index contributed by atoms with van der Waals surface area (Å²) in [6, 6.07) is 5.68. The number of halogens is 1. The Morgan fingerprint density at radius 3 is 2.44 bits per heavy atom. The molecule has 0 atom stereocenters. The fourth-order valence-corrected chi connectivity index (χ4v) is 2.74. The lowest BCUT2D eigenvalue weighted by molar-refractivity contribution is 0.356. The van der Waals surface area contributed by atoms with Gasteiger partial charge in [0, 0.05) is 16.2 Å². The maximum absolute atomic E-state index is 8.89. The van der Waals surface area contributed by atoms with Crippen LogP contribution in [0.15, 0.2) is 12.1 Å². The SMILES string of the molecule is COc1cc2sc(C#N)c(Cl)c2cc1OC. The normalized spacial score (nSPS) is 10.1. The summed E-state index contributed by atoms with van der Waals surface area (Å²) in [5.74, 6) is 1.25. The van der Waals surface area contributed by atoms with Crippen LogP contribution in [0.25, 0.3) is 10.1 Å². The third-order valence-corrected chi connectivity index (χ3v) is 3.80. The monoisotopic (exact) mass is 253 g/mol. The predicted octanol–water partition coefficient (Wildman–Crippen LogP) is 3.44. The van der Waals surface area contributed by atoms with Crippen molar-refractivity contribution >= 4 is 33.0 Å². The molecule has 0 bridgehead atoms. The molecule has 0 aliphatic rings. The van der Waals surface area contributed by atoms with Crippen molar-refractivity contribution in [3.05, 3.63) is 22.0 Å². The molecule has 0 amide bonds. The Morgan fingerprint density at radius 2 is 1.88 bits per heavy atom. The molecule has 0 saturated heterocycles. The molecule has 0 aliphatic heterocycles. The van der Waals surface area contributed by atoms with E-state index in [2.05, 4.69) is 6.07 Å². The molecular formula is C11H8ClNO2S. The highest BCUT2D eigenvalue weighted by atomic mass is 35.5. The molecule has 0 radical (unpaired) electrons. The average Bonchev–Trinajstić information content (AvgIpc) is 2.63. The Balaban J connectivity index is 2.77. The van der Waals surface area contributed by atoms with E-state index < -0.39 is 0 Å². The standard InChI is InChI=1S/C11H8ClNO2S/c1-14-7-3-6-9(4-8(7)15-2)16-10(5-13)11(6)12/h3-4H,1-2H3. The fourth-order valence-electron chi connectivity index (χ4n) is 1.47. The first kappa shape index (κ1) is 11.1. The summed E-state index contributed by atoms with van der Waals surface area (Å²) in [5.41, 5.74) is 0. The molecule has 0 unspecified atom stereocenters. The summed E-state index contributed by atoms with van der Waals surface area (Å²) in [5, 5.41) is 10.2. The number of thiophene rings is 1. The number of benzene rings is 1. The van der Waals surface area contributed by atoms with Gasteiger partial charge in [0.05, 0.1) is 19.2 Å². The van der Waals surface area contributed by atoms with E-state index in [0.717, 1.165) is 10.1 Å². The van der Waals surface area contributed by atoms with Gasteiger partial charge in [0.2, 0.25) is 0 Å². The van der Waals surface area contributed by atoms with Crippen LogP contribution in [0, 0.1) is 11.3 Å². The zero-order valence-corrected chi connectivity index (χ0v) is 10.3. The van der Waals surface area contributed by atoms with Crippen molar-refractivity contribution in [2.24, 2.45) is 0 Å². The van der Waals surface area contributed by atoms with Gasteiger partial charge in [0.1, 0.15) is 10.9 Å². The minimum atomic E-state index is 0.475. The maximum Gasteiger partial charge on any atom is 0.162 e. The van der Waals surface area contributed by atoms with Crippen LogP contribution < -0.4 is 9.47 Å². The van der Waals surface area contributed by atoms with Gasteiger partial charge < -0.3 is 9.47 Å². The Morgan fingerprint density at radius 1 is 1.25 bits per heavy atom. The molecule has 0 N–H and O–H groups in total. The number of hydrogen-bond donors (Lipinski definition) is 0.